The number of fused-ring (bicyclic) bond motifs is 1. The van der Waals surface area contributed by atoms with Crippen molar-refractivity contribution in [1.29, 1.82) is 0 Å². The highest BCUT2D eigenvalue weighted by atomic mass is 32.2. The number of rotatable bonds is 5. The van der Waals surface area contributed by atoms with E-state index in [1.165, 1.54) is 11.3 Å². The third kappa shape index (κ3) is 3.86. The summed E-state index contributed by atoms with van der Waals surface area (Å²) in [6.45, 7) is 2.51. The van der Waals surface area contributed by atoms with Gasteiger partial charge in [-0.1, -0.05) is 0 Å². The minimum atomic E-state index is -1.06. The van der Waals surface area contributed by atoms with E-state index in [4.69, 9.17) is 14.5 Å². The van der Waals surface area contributed by atoms with Crippen molar-refractivity contribution in [1.82, 2.24) is 15.0 Å². The molecular weight excluding hydrogens is 414 g/mol. The van der Waals surface area contributed by atoms with Crippen molar-refractivity contribution in [3.8, 4) is 0 Å². The van der Waals surface area contributed by atoms with Gasteiger partial charge in [0.2, 0.25) is 5.95 Å². The zero-order valence-electron chi connectivity index (χ0n) is 15.7. The van der Waals surface area contributed by atoms with Crippen LogP contribution in [0.2, 0.25) is 0 Å². The van der Waals surface area contributed by atoms with Crippen LogP contribution in [0, 0.1) is 0 Å². The summed E-state index contributed by atoms with van der Waals surface area (Å²) in [7, 11) is -1.06. The van der Waals surface area contributed by atoms with Crippen LogP contribution in [0.4, 0.5) is 11.8 Å². The first-order chi connectivity index (χ1) is 14.2. The van der Waals surface area contributed by atoms with Crippen LogP contribution in [0.25, 0.3) is 0 Å². The number of carbonyl (C=O) groups is 1. The van der Waals surface area contributed by atoms with Crippen molar-refractivity contribution in [3.63, 3.8) is 0 Å². The summed E-state index contributed by atoms with van der Waals surface area (Å²) in [6, 6.07) is 0.261. The topological polar surface area (TPSA) is 107 Å². The predicted molar refractivity (Wildman–Crippen MR) is 108 cm³/mol. The standard InChI is InChI=1S/C18H21N5O4S2/c24-17(14-9-28-10-19-14)27-12-7-23(8-12)18-21-13-3-6-29(25)15(13)16(22-18)20-11-1-4-26-5-2-11/h9-12H,1-8H2,(H,20,21,22)/t29-/m1/s1. The molecule has 2 aromatic heterocycles. The normalized spacial score (nSPS) is 22.2. The third-order valence-corrected chi connectivity index (χ3v) is 7.33. The molecule has 11 heteroatoms. The van der Waals surface area contributed by atoms with Crippen molar-refractivity contribution < 1.29 is 18.5 Å². The van der Waals surface area contributed by atoms with Crippen LogP contribution in [0.1, 0.15) is 29.0 Å². The lowest BCUT2D eigenvalue weighted by Gasteiger charge is -2.38. The fraction of sp³-hybridized carbons (Fsp3) is 0.556. The molecule has 2 fully saturated rings. The molecule has 3 aliphatic heterocycles. The molecule has 1 atom stereocenters. The van der Waals surface area contributed by atoms with Crippen LogP contribution in [0.15, 0.2) is 15.8 Å². The third-order valence-electron chi connectivity index (χ3n) is 5.28. The molecule has 5 heterocycles. The number of anilines is 2. The molecule has 0 radical (unpaired) electrons. The van der Waals surface area contributed by atoms with Crippen molar-refractivity contribution in [2.45, 2.75) is 36.3 Å². The summed E-state index contributed by atoms with van der Waals surface area (Å²) in [4.78, 5) is 28.1. The van der Waals surface area contributed by atoms with E-state index < -0.39 is 16.8 Å². The van der Waals surface area contributed by atoms with Gasteiger partial charge in [-0.05, 0) is 12.8 Å². The molecule has 154 valence electrons. The first kappa shape index (κ1) is 18.9. The van der Waals surface area contributed by atoms with Gasteiger partial charge in [-0.25, -0.2) is 14.8 Å². The van der Waals surface area contributed by atoms with E-state index in [1.807, 2.05) is 4.90 Å². The van der Waals surface area contributed by atoms with E-state index in [9.17, 15) is 9.00 Å². The Labute approximate surface area is 174 Å². The molecule has 9 nitrogen and oxygen atoms in total. The maximum absolute atomic E-state index is 12.5. The Morgan fingerprint density at radius 2 is 2.14 bits per heavy atom. The second-order valence-corrected chi connectivity index (χ2v) is 9.51. The second-order valence-electron chi connectivity index (χ2n) is 7.28. The fourth-order valence-corrected chi connectivity index (χ4v) is 5.49. The summed E-state index contributed by atoms with van der Waals surface area (Å²) in [5.41, 5.74) is 2.80. The molecule has 0 aliphatic carbocycles. The lowest BCUT2D eigenvalue weighted by molar-refractivity contribution is 0.0225. The van der Waals surface area contributed by atoms with Crippen LogP contribution in [-0.2, 0) is 26.7 Å². The zero-order chi connectivity index (χ0) is 19.8. The maximum atomic E-state index is 12.5. The van der Waals surface area contributed by atoms with Crippen molar-refractivity contribution >= 4 is 39.9 Å². The Morgan fingerprint density at radius 1 is 1.31 bits per heavy atom. The lowest BCUT2D eigenvalue weighted by Crippen LogP contribution is -2.53. The van der Waals surface area contributed by atoms with Gasteiger partial charge in [0.15, 0.2) is 5.69 Å². The number of carbonyl (C=O) groups excluding carboxylic acids is 1. The minimum absolute atomic E-state index is 0.206. The van der Waals surface area contributed by atoms with Gasteiger partial charge in [0.25, 0.3) is 0 Å². The number of hydrogen-bond donors (Lipinski definition) is 1. The predicted octanol–water partition coefficient (Wildman–Crippen LogP) is 1.23. The Kier molecular flexibility index (Phi) is 5.18. The first-order valence-corrected chi connectivity index (χ1v) is 11.9. The highest BCUT2D eigenvalue weighted by Crippen LogP contribution is 2.32. The largest absolute Gasteiger partial charge is 0.454 e. The van der Waals surface area contributed by atoms with Crippen molar-refractivity contribution in [2.75, 3.05) is 42.3 Å². The highest BCUT2D eigenvalue weighted by Gasteiger charge is 2.35. The summed E-state index contributed by atoms with van der Waals surface area (Å²) in [6.07, 6.45) is 2.29. The van der Waals surface area contributed by atoms with E-state index in [0.717, 1.165) is 36.6 Å². The van der Waals surface area contributed by atoms with E-state index in [0.29, 0.717) is 42.7 Å². The van der Waals surface area contributed by atoms with Crippen LogP contribution in [0.5, 0.6) is 0 Å². The van der Waals surface area contributed by atoms with E-state index in [-0.39, 0.29) is 12.1 Å². The van der Waals surface area contributed by atoms with Gasteiger partial charge in [0, 0.05) is 36.8 Å². The molecule has 3 aliphatic rings. The van der Waals surface area contributed by atoms with Gasteiger partial charge in [-0.15, -0.1) is 11.3 Å². The molecular formula is C18H21N5O4S2. The number of thiazole rings is 1. The van der Waals surface area contributed by atoms with Gasteiger partial charge < -0.3 is 19.7 Å². The molecule has 0 amide bonds. The van der Waals surface area contributed by atoms with Gasteiger partial charge in [-0.3, -0.25) is 4.21 Å². The molecule has 1 N–H and O–H groups in total. The molecule has 29 heavy (non-hydrogen) atoms. The first-order valence-electron chi connectivity index (χ1n) is 9.65. The maximum Gasteiger partial charge on any atom is 0.358 e. The van der Waals surface area contributed by atoms with Crippen LogP contribution >= 0.6 is 11.3 Å². The van der Waals surface area contributed by atoms with Crippen LogP contribution in [0.3, 0.4) is 0 Å². The number of hydrogen-bond acceptors (Lipinski definition) is 10. The number of ether oxygens (including phenoxy) is 2. The summed E-state index contributed by atoms with van der Waals surface area (Å²) < 4.78 is 23.4. The highest BCUT2D eigenvalue weighted by molar-refractivity contribution is 7.85. The van der Waals surface area contributed by atoms with E-state index in [1.54, 1.807) is 10.9 Å². The molecule has 5 rings (SSSR count). The smallest absolute Gasteiger partial charge is 0.358 e. The molecule has 0 unspecified atom stereocenters. The Hall–Kier alpha value is -2.11. The summed E-state index contributed by atoms with van der Waals surface area (Å²) >= 11 is 1.36. The van der Waals surface area contributed by atoms with Crippen LogP contribution in [-0.4, -0.2) is 69.3 Å². The monoisotopic (exact) mass is 435 g/mol. The summed E-state index contributed by atoms with van der Waals surface area (Å²) in [5, 5.41) is 5.15. The average molecular weight is 436 g/mol. The average Bonchev–Trinajstić information content (AvgIpc) is 3.35. The number of esters is 1. The number of nitrogens with zero attached hydrogens (tertiary/aromatic N) is 4. The van der Waals surface area contributed by atoms with Gasteiger partial charge in [0.1, 0.15) is 16.8 Å². The Balaban J connectivity index is 1.29. The van der Waals surface area contributed by atoms with Gasteiger partial charge in [0.05, 0.1) is 35.1 Å². The van der Waals surface area contributed by atoms with E-state index >= 15 is 0 Å². The SMILES string of the molecule is O=C(OC1CN(c2nc3c(c(NC4CCOCC4)n2)[S@](=O)CC3)C1)c1cscn1. The Bertz CT molecular complexity index is 927. The quantitative estimate of drug-likeness (QED) is 0.694. The molecule has 0 aromatic carbocycles. The van der Waals surface area contributed by atoms with Crippen LogP contribution < -0.4 is 10.2 Å². The Morgan fingerprint density at radius 3 is 2.90 bits per heavy atom. The molecule has 0 saturated carbocycles. The summed E-state index contributed by atoms with van der Waals surface area (Å²) in [5.74, 6) is 1.46. The molecule has 2 saturated heterocycles. The number of aryl methyl sites for hydroxylation is 1. The zero-order valence-corrected chi connectivity index (χ0v) is 17.3. The van der Waals surface area contributed by atoms with Gasteiger partial charge in [-0.2, -0.15) is 4.98 Å². The fourth-order valence-electron chi connectivity index (χ4n) is 3.66. The molecule has 0 bridgehead atoms. The van der Waals surface area contributed by atoms with E-state index in [2.05, 4.69) is 15.3 Å². The molecule has 2 aromatic rings. The van der Waals surface area contributed by atoms with Crippen molar-refractivity contribution in [3.05, 3.63) is 22.3 Å². The van der Waals surface area contributed by atoms with Crippen molar-refractivity contribution in [2.24, 2.45) is 0 Å². The number of nitrogens with one attached hydrogen (secondary N) is 1. The lowest BCUT2D eigenvalue weighted by atomic mass is 10.1. The second kappa shape index (κ2) is 7.96. The molecule has 0 spiro atoms. The number of aromatic nitrogens is 3. The minimum Gasteiger partial charge on any atom is -0.454 e. The van der Waals surface area contributed by atoms with Gasteiger partial charge >= 0.3 is 5.97 Å².